The number of carbonyl (C=O) groups is 1. The third kappa shape index (κ3) is 2.55. The zero-order chi connectivity index (χ0) is 9.84. The third-order valence-electron chi connectivity index (χ3n) is 1.89. The van der Waals surface area contributed by atoms with Gasteiger partial charge in [0, 0.05) is 17.8 Å². The molecule has 0 saturated heterocycles. The van der Waals surface area contributed by atoms with Crippen molar-refractivity contribution >= 4 is 5.97 Å². The Morgan fingerprint density at radius 1 is 1.69 bits per heavy atom. The van der Waals surface area contributed by atoms with Crippen LogP contribution >= 0.6 is 0 Å². The molecule has 0 aliphatic rings. The van der Waals surface area contributed by atoms with E-state index in [1.165, 1.54) is 0 Å². The Morgan fingerprint density at radius 3 is 2.85 bits per heavy atom. The molecule has 0 saturated carbocycles. The largest absolute Gasteiger partial charge is 0.480 e. The van der Waals surface area contributed by atoms with Crippen molar-refractivity contribution in [3.8, 4) is 0 Å². The second kappa shape index (κ2) is 4.04. The van der Waals surface area contributed by atoms with Crippen LogP contribution in [0.1, 0.15) is 25.5 Å². The van der Waals surface area contributed by atoms with Crippen LogP contribution in [0, 0.1) is 0 Å². The lowest BCUT2D eigenvalue weighted by atomic mass is 10.1. The minimum Gasteiger partial charge on any atom is -0.480 e. The lowest BCUT2D eigenvalue weighted by Crippen LogP contribution is -2.35. The van der Waals surface area contributed by atoms with Crippen LogP contribution in [0.15, 0.2) is 12.4 Å². The Kier molecular flexibility index (Phi) is 3.02. The maximum atomic E-state index is 10.5. The van der Waals surface area contributed by atoms with Crippen LogP contribution < -0.4 is 5.32 Å². The standard InChI is InChI=1S/C8H13N3O2/c1-5(7-3-9-10-4-7)11-6(2)8(12)13/h3-6,11H,1-2H3,(H,9,10)(H,12,13). The molecule has 0 aliphatic heterocycles. The van der Waals surface area contributed by atoms with E-state index in [1.807, 2.05) is 6.92 Å². The first kappa shape index (κ1) is 9.73. The maximum Gasteiger partial charge on any atom is 0.320 e. The van der Waals surface area contributed by atoms with E-state index in [1.54, 1.807) is 19.3 Å². The summed E-state index contributed by atoms with van der Waals surface area (Å²) in [5.41, 5.74) is 0.952. The summed E-state index contributed by atoms with van der Waals surface area (Å²) in [6.45, 7) is 3.50. The fraction of sp³-hybridized carbons (Fsp3) is 0.500. The van der Waals surface area contributed by atoms with Crippen LogP contribution in [0.25, 0.3) is 0 Å². The number of nitrogens with one attached hydrogen (secondary N) is 2. The van der Waals surface area contributed by atoms with Crippen molar-refractivity contribution in [2.24, 2.45) is 0 Å². The number of nitrogens with zero attached hydrogens (tertiary/aromatic N) is 1. The van der Waals surface area contributed by atoms with E-state index in [0.29, 0.717) is 0 Å². The second-order valence-electron chi connectivity index (χ2n) is 2.98. The van der Waals surface area contributed by atoms with Gasteiger partial charge >= 0.3 is 5.97 Å². The van der Waals surface area contributed by atoms with Gasteiger partial charge in [0.25, 0.3) is 0 Å². The van der Waals surface area contributed by atoms with Gasteiger partial charge in [-0.15, -0.1) is 0 Å². The molecule has 5 nitrogen and oxygen atoms in total. The molecule has 72 valence electrons. The predicted octanol–water partition coefficient (Wildman–Crippen LogP) is 0.533. The van der Waals surface area contributed by atoms with Crippen LogP contribution in [0.3, 0.4) is 0 Å². The van der Waals surface area contributed by atoms with E-state index < -0.39 is 12.0 Å². The van der Waals surface area contributed by atoms with Gasteiger partial charge in [0.1, 0.15) is 6.04 Å². The Bertz CT molecular complexity index is 271. The molecule has 2 unspecified atom stereocenters. The highest BCUT2D eigenvalue weighted by molar-refractivity contribution is 5.72. The van der Waals surface area contributed by atoms with Crippen molar-refractivity contribution in [1.29, 1.82) is 0 Å². The van der Waals surface area contributed by atoms with Crippen molar-refractivity contribution in [3.05, 3.63) is 18.0 Å². The monoisotopic (exact) mass is 183 g/mol. The molecule has 0 amide bonds. The summed E-state index contributed by atoms with van der Waals surface area (Å²) in [4.78, 5) is 10.5. The molecular weight excluding hydrogens is 170 g/mol. The molecule has 1 aromatic heterocycles. The van der Waals surface area contributed by atoms with Crippen molar-refractivity contribution in [2.45, 2.75) is 25.9 Å². The lowest BCUT2D eigenvalue weighted by molar-refractivity contribution is -0.139. The maximum absolute atomic E-state index is 10.5. The Balaban J connectivity index is 2.51. The number of H-pyrrole nitrogens is 1. The molecule has 2 atom stereocenters. The molecule has 0 spiro atoms. The molecule has 1 aromatic rings. The first-order valence-electron chi connectivity index (χ1n) is 4.08. The topological polar surface area (TPSA) is 78.0 Å². The highest BCUT2D eigenvalue weighted by Crippen LogP contribution is 2.09. The molecule has 1 heterocycles. The normalized spacial score (nSPS) is 15.2. The summed E-state index contributed by atoms with van der Waals surface area (Å²) in [5, 5.41) is 18.0. The van der Waals surface area contributed by atoms with Crippen molar-refractivity contribution in [3.63, 3.8) is 0 Å². The van der Waals surface area contributed by atoms with E-state index >= 15 is 0 Å². The molecule has 5 heteroatoms. The fourth-order valence-corrected chi connectivity index (χ4v) is 1.04. The van der Waals surface area contributed by atoms with Crippen molar-refractivity contribution < 1.29 is 9.90 Å². The van der Waals surface area contributed by atoms with Crippen LogP contribution in [0.5, 0.6) is 0 Å². The van der Waals surface area contributed by atoms with Gasteiger partial charge in [0.15, 0.2) is 0 Å². The molecule has 3 N–H and O–H groups in total. The van der Waals surface area contributed by atoms with E-state index in [9.17, 15) is 4.79 Å². The first-order valence-corrected chi connectivity index (χ1v) is 4.08. The number of aromatic amines is 1. The highest BCUT2D eigenvalue weighted by atomic mass is 16.4. The van der Waals surface area contributed by atoms with E-state index in [4.69, 9.17) is 5.11 Å². The van der Waals surface area contributed by atoms with Gasteiger partial charge in [-0.2, -0.15) is 5.10 Å². The van der Waals surface area contributed by atoms with Gasteiger partial charge < -0.3 is 5.11 Å². The molecule has 1 rings (SSSR count). The lowest BCUT2D eigenvalue weighted by Gasteiger charge is -2.15. The summed E-state index contributed by atoms with van der Waals surface area (Å²) < 4.78 is 0. The van der Waals surface area contributed by atoms with Gasteiger partial charge in [0.05, 0.1) is 6.20 Å². The molecule has 0 fully saturated rings. The zero-order valence-electron chi connectivity index (χ0n) is 7.61. The zero-order valence-corrected chi connectivity index (χ0v) is 7.61. The summed E-state index contributed by atoms with van der Waals surface area (Å²) in [6, 6.07) is -0.560. The van der Waals surface area contributed by atoms with Gasteiger partial charge in [-0.05, 0) is 13.8 Å². The molecule has 0 bridgehead atoms. The number of carboxylic acids is 1. The number of rotatable bonds is 4. The molecule has 0 radical (unpaired) electrons. The molecule has 0 aromatic carbocycles. The summed E-state index contributed by atoms with van der Waals surface area (Å²) >= 11 is 0. The predicted molar refractivity (Wildman–Crippen MR) is 47.2 cm³/mol. The number of hydrogen-bond acceptors (Lipinski definition) is 3. The smallest absolute Gasteiger partial charge is 0.320 e. The van der Waals surface area contributed by atoms with Crippen LogP contribution in [-0.4, -0.2) is 27.3 Å². The van der Waals surface area contributed by atoms with E-state index in [2.05, 4.69) is 15.5 Å². The van der Waals surface area contributed by atoms with E-state index in [-0.39, 0.29) is 6.04 Å². The average molecular weight is 183 g/mol. The van der Waals surface area contributed by atoms with Crippen molar-refractivity contribution in [2.75, 3.05) is 0 Å². The summed E-state index contributed by atoms with van der Waals surface area (Å²) in [7, 11) is 0. The minimum absolute atomic E-state index is 0.00940. The van der Waals surface area contributed by atoms with E-state index in [0.717, 1.165) is 5.56 Å². The van der Waals surface area contributed by atoms with Crippen molar-refractivity contribution in [1.82, 2.24) is 15.5 Å². The average Bonchev–Trinajstić information content (AvgIpc) is 2.55. The molecule has 0 aliphatic carbocycles. The van der Waals surface area contributed by atoms with Gasteiger partial charge in [-0.25, -0.2) is 0 Å². The fourth-order valence-electron chi connectivity index (χ4n) is 1.04. The molecular formula is C8H13N3O2. The number of aromatic nitrogens is 2. The minimum atomic E-state index is -0.852. The SMILES string of the molecule is CC(NC(C)c1cn[nH]c1)C(=O)O. The van der Waals surface area contributed by atoms with Gasteiger partial charge in [-0.1, -0.05) is 0 Å². The summed E-state index contributed by atoms with van der Waals surface area (Å²) in [5.74, 6) is -0.852. The third-order valence-corrected chi connectivity index (χ3v) is 1.89. The van der Waals surface area contributed by atoms with Gasteiger partial charge in [-0.3, -0.25) is 15.2 Å². The van der Waals surface area contributed by atoms with Crippen LogP contribution in [0.4, 0.5) is 0 Å². The van der Waals surface area contributed by atoms with Crippen LogP contribution in [-0.2, 0) is 4.79 Å². The summed E-state index contributed by atoms with van der Waals surface area (Å²) in [6.07, 6.45) is 3.42. The first-order chi connectivity index (χ1) is 6.11. The number of carboxylic acid groups (broad SMARTS) is 1. The Hall–Kier alpha value is -1.36. The van der Waals surface area contributed by atoms with Gasteiger partial charge in [0.2, 0.25) is 0 Å². The Morgan fingerprint density at radius 2 is 2.38 bits per heavy atom. The highest BCUT2D eigenvalue weighted by Gasteiger charge is 2.14. The number of aliphatic carboxylic acids is 1. The quantitative estimate of drug-likeness (QED) is 0.636. The van der Waals surface area contributed by atoms with Crippen LogP contribution in [0.2, 0.25) is 0 Å². The Labute approximate surface area is 76.2 Å². The molecule has 13 heavy (non-hydrogen) atoms. The number of hydrogen-bond donors (Lipinski definition) is 3. The second-order valence-corrected chi connectivity index (χ2v) is 2.98.